The molecule has 1 aliphatic rings. The number of nitrogens with one attached hydrogen (secondary N) is 2. The van der Waals surface area contributed by atoms with Crippen LogP contribution in [0.2, 0.25) is 0 Å². The highest BCUT2D eigenvalue weighted by molar-refractivity contribution is 7.92. The third kappa shape index (κ3) is 5.81. The van der Waals surface area contributed by atoms with Gasteiger partial charge in [0.05, 0.1) is 10.6 Å². The Morgan fingerprint density at radius 2 is 1.61 bits per heavy atom. The Morgan fingerprint density at radius 1 is 1.04 bits per heavy atom. The van der Waals surface area contributed by atoms with Crippen LogP contribution in [-0.4, -0.2) is 50.4 Å². The quantitative estimate of drug-likeness (QED) is 0.735. The van der Waals surface area contributed by atoms with Crippen LogP contribution in [0.1, 0.15) is 23.2 Å². The molecule has 154 valence electrons. The van der Waals surface area contributed by atoms with Gasteiger partial charge in [0.25, 0.3) is 15.9 Å². The molecule has 0 saturated carbocycles. The summed E-state index contributed by atoms with van der Waals surface area (Å²) in [7, 11) is -1.77. The summed E-state index contributed by atoms with van der Waals surface area (Å²) in [5.74, 6) is -0.0643. The number of halogens is 2. The number of hydrogen-bond acceptors (Lipinski definition) is 5. The Labute approximate surface area is 177 Å². The first-order valence-electron chi connectivity index (χ1n) is 8.49. The van der Waals surface area contributed by atoms with Crippen LogP contribution in [0.4, 0.5) is 5.69 Å². The van der Waals surface area contributed by atoms with Gasteiger partial charge in [-0.1, -0.05) is 0 Å². The van der Waals surface area contributed by atoms with E-state index in [4.69, 9.17) is 0 Å². The molecule has 0 bridgehead atoms. The molecule has 1 aromatic heterocycles. The van der Waals surface area contributed by atoms with Gasteiger partial charge >= 0.3 is 0 Å². The zero-order valence-electron chi connectivity index (χ0n) is 15.4. The van der Waals surface area contributed by atoms with Gasteiger partial charge in [-0.3, -0.25) is 14.5 Å². The van der Waals surface area contributed by atoms with Crippen molar-refractivity contribution in [2.45, 2.75) is 23.8 Å². The Morgan fingerprint density at radius 3 is 2.14 bits per heavy atom. The van der Waals surface area contributed by atoms with Crippen LogP contribution in [0.15, 0.2) is 53.7 Å². The topological polar surface area (TPSA) is 91.4 Å². The van der Waals surface area contributed by atoms with Crippen LogP contribution in [0.3, 0.4) is 0 Å². The van der Waals surface area contributed by atoms with Crippen LogP contribution in [0.5, 0.6) is 0 Å². The SMILES string of the molecule is CNC1CCN(C(=O)c2ccc(S(=O)(=O)Nc3ccncc3)cc2)CC1.Cl.Cl. The fraction of sp³-hybridized carbons (Fsp3) is 0.333. The molecular formula is C18H24Cl2N4O3S. The van der Waals surface area contributed by atoms with Crippen molar-refractivity contribution < 1.29 is 13.2 Å². The fourth-order valence-corrected chi connectivity index (χ4v) is 4.02. The van der Waals surface area contributed by atoms with Gasteiger partial charge in [-0.25, -0.2) is 8.42 Å². The van der Waals surface area contributed by atoms with Crippen molar-refractivity contribution >= 4 is 46.4 Å². The Balaban J connectivity index is 0.00000196. The summed E-state index contributed by atoms with van der Waals surface area (Å²) < 4.78 is 27.3. The van der Waals surface area contributed by atoms with Crippen molar-refractivity contribution in [2.75, 3.05) is 24.9 Å². The van der Waals surface area contributed by atoms with Crippen LogP contribution < -0.4 is 10.0 Å². The van der Waals surface area contributed by atoms with E-state index in [9.17, 15) is 13.2 Å². The number of sulfonamides is 1. The number of likely N-dealkylation sites (tertiary alicyclic amines) is 1. The van der Waals surface area contributed by atoms with E-state index in [0.717, 1.165) is 12.8 Å². The predicted octanol–water partition coefficient (Wildman–Crippen LogP) is 2.55. The van der Waals surface area contributed by atoms with E-state index in [2.05, 4.69) is 15.0 Å². The molecule has 1 aliphatic heterocycles. The molecule has 1 amide bonds. The third-order valence-electron chi connectivity index (χ3n) is 4.53. The van der Waals surface area contributed by atoms with E-state index in [1.807, 2.05) is 11.9 Å². The Hall–Kier alpha value is -1.87. The Kier molecular flexibility index (Phi) is 9.16. The molecule has 7 nitrogen and oxygen atoms in total. The van der Waals surface area contributed by atoms with E-state index >= 15 is 0 Å². The lowest BCUT2D eigenvalue weighted by molar-refractivity contribution is 0.0707. The summed E-state index contributed by atoms with van der Waals surface area (Å²) in [6.07, 6.45) is 4.86. The number of carbonyl (C=O) groups excluding carboxylic acids is 1. The summed E-state index contributed by atoms with van der Waals surface area (Å²) in [4.78, 5) is 18.4. The molecule has 10 heteroatoms. The molecule has 2 N–H and O–H groups in total. The molecular weight excluding hydrogens is 423 g/mol. The van der Waals surface area contributed by atoms with Gasteiger partial charge in [0.15, 0.2) is 0 Å². The lowest BCUT2D eigenvalue weighted by atomic mass is 10.0. The van der Waals surface area contributed by atoms with Gasteiger partial charge in [-0.05, 0) is 56.3 Å². The number of carbonyl (C=O) groups is 1. The second-order valence-electron chi connectivity index (χ2n) is 6.22. The second-order valence-corrected chi connectivity index (χ2v) is 7.90. The average Bonchev–Trinajstić information content (AvgIpc) is 2.68. The highest BCUT2D eigenvalue weighted by atomic mass is 35.5. The lowest BCUT2D eigenvalue weighted by Gasteiger charge is -2.31. The summed E-state index contributed by atoms with van der Waals surface area (Å²) in [6, 6.07) is 9.63. The van der Waals surface area contributed by atoms with Crippen LogP contribution >= 0.6 is 24.8 Å². The van der Waals surface area contributed by atoms with Gasteiger partial charge in [-0.15, -0.1) is 24.8 Å². The first-order valence-corrected chi connectivity index (χ1v) is 9.97. The van der Waals surface area contributed by atoms with Crippen LogP contribution in [0, 0.1) is 0 Å². The van der Waals surface area contributed by atoms with Crippen molar-refractivity contribution in [2.24, 2.45) is 0 Å². The van der Waals surface area contributed by atoms with Crippen molar-refractivity contribution in [3.63, 3.8) is 0 Å². The molecule has 1 aromatic carbocycles. The maximum atomic E-state index is 12.6. The molecule has 0 unspecified atom stereocenters. The van der Waals surface area contributed by atoms with Gasteiger partial charge in [0.1, 0.15) is 0 Å². The minimum atomic E-state index is -3.70. The highest BCUT2D eigenvalue weighted by Gasteiger charge is 2.23. The smallest absolute Gasteiger partial charge is 0.261 e. The number of pyridine rings is 1. The van der Waals surface area contributed by atoms with Gasteiger partial charge in [0, 0.05) is 37.1 Å². The van der Waals surface area contributed by atoms with E-state index in [0.29, 0.717) is 30.4 Å². The number of anilines is 1. The largest absolute Gasteiger partial charge is 0.339 e. The predicted molar refractivity (Wildman–Crippen MR) is 114 cm³/mol. The van der Waals surface area contributed by atoms with Crippen LogP contribution in [-0.2, 0) is 10.0 Å². The molecule has 28 heavy (non-hydrogen) atoms. The molecule has 0 spiro atoms. The van der Waals surface area contributed by atoms with Gasteiger partial charge in [-0.2, -0.15) is 0 Å². The number of rotatable bonds is 5. The van der Waals surface area contributed by atoms with E-state index in [1.165, 1.54) is 24.5 Å². The first-order chi connectivity index (χ1) is 12.5. The third-order valence-corrected chi connectivity index (χ3v) is 5.93. The first kappa shape index (κ1) is 24.2. The summed E-state index contributed by atoms with van der Waals surface area (Å²) in [5.41, 5.74) is 0.934. The van der Waals surface area contributed by atoms with Crippen molar-refractivity contribution in [3.8, 4) is 0 Å². The van der Waals surface area contributed by atoms with E-state index in [1.54, 1.807) is 24.3 Å². The van der Waals surface area contributed by atoms with Gasteiger partial charge in [0.2, 0.25) is 0 Å². The minimum absolute atomic E-state index is 0. The van der Waals surface area contributed by atoms with Gasteiger partial charge < -0.3 is 10.2 Å². The van der Waals surface area contributed by atoms with Crippen molar-refractivity contribution in [3.05, 3.63) is 54.4 Å². The fourth-order valence-electron chi connectivity index (χ4n) is 2.96. The number of piperidine rings is 1. The summed E-state index contributed by atoms with van der Waals surface area (Å²) in [6.45, 7) is 1.40. The number of aromatic nitrogens is 1. The summed E-state index contributed by atoms with van der Waals surface area (Å²) in [5, 5.41) is 3.23. The molecule has 2 heterocycles. The molecule has 0 aliphatic carbocycles. The molecule has 1 fully saturated rings. The number of benzene rings is 1. The summed E-state index contributed by atoms with van der Waals surface area (Å²) >= 11 is 0. The normalized spacial score (nSPS) is 14.5. The van der Waals surface area contributed by atoms with E-state index < -0.39 is 10.0 Å². The molecule has 0 radical (unpaired) electrons. The molecule has 3 rings (SSSR count). The standard InChI is InChI=1S/C18H22N4O3S.2ClH/c1-19-15-8-12-22(13-9-15)18(23)14-2-4-17(5-3-14)26(24,25)21-16-6-10-20-11-7-16;;/h2-7,10-11,15,19H,8-9,12-13H2,1H3,(H,20,21);2*1H. The maximum absolute atomic E-state index is 12.6. The number of amides is 1. The number of hydrogen-bond donors (Lipinski definition) is 2. The highest BCUT2D eigenvalue weighted by Crippen LogP contribution is 2.18. The monoisotopic (exact) mass is 446 g/mol. The molecule has 1 saturated heterocycles. The minimum Gasteiger partial charge on any atom is -0.339 e. The Bertz CT molecular complexity index is 856. The van der Waals surface area contributed by atoms with E-state index in [-0.39, 0.29) is 35.6 Å². The van der Waals surface area contributed by atoms with Crippen LogP contribution in [0.25, 0.3) is 0 Å². The zero-order valence-corrected chi connectivity index (χ0v) is 17.8. The number of nitrogens with zero attached hydrogens (tertiary/aromatic N) is 2. The average molecular weight is 447 g/mol. The van der Waals surface area contributed by atoms with Crippen molar-refractivity contribution in [1.82, 2.24) is 15.2 Å². The maximum Gasteiger partial charge on any atom is 0.261 e. The second kappa shape index (κ2) is 10.6. The zero-order chi connectivity index (χ0) is 18.6. The molecule has 2 aromatic rings. The lowest BCUT2D eigenvalue weighted by Crippen LogP contribution is -2.43. The molecule has 0 atom stereocenters. The van der Waals surface area contributed by atoms with Crippen molar-refractivity contribution in [1.29, 1.82) is 0 Å².